The van der Waals surface area contributed by atoms with E-state index in [1.54, 1.807) is 11.0 Å². The van der Waals surface area contributed by atoms with Crippen LogP contribution in [-0.2, 0) is 27.7 Å². The smallest absolute Gasteiger partial charge is 0.243 e. The van der Waals surface area contributed by atoms with Gasteiger partial charge in [0.25, 0.3) is 0 Å². The molecule has 0 unspecified atom stereocenters. The predicted molar refractivity (Wildman–Crippen MR) is 93.3 cm³/mol. The third kappa shape index (κ3) is 3.49. The average molecular weight is 350 g/mol. The molecule has 132 valence electrons. The number of aryl methyl sites for hydroxylation is 2. The largest absolute Gasteiger partial charge is 0.340 e. The SMILES string of the molecule is CCCC(=O)N1CCN(S(=O)(=O)c2ccc3c(c2)CCCC3)CC1. The van der Waals surface area contributed by atoms with Gasteiger partial charge in [-0.25, -0.2) is 8.42 Å². The predicted octanol–water partition coefficient (Wildman–Crippen LogP) is 2.20. The quantitative estimate of drug-likeness (QED) is 0.836. The molecule has 3 rings (SSSR count). The topological polar surface area (TPSA) is 57.7 Å². The van der Waals surface area contributed by atoms with E-state index in [9.17, 15) is 13.2 Å². The lowest BCUT2D eigenvalue weighted by molar-refractivity contribution is -0.132. The van der Waals surface area contributed by atoms with Gasteiger partial charge in [0.2, 0.25) is 15.9 Å². The van der Waals surface area contributed by atoms with Crippen molar-refractivity contribution in [2.75, 3.05) is 26.2 Å². The van der Waals surface area contributed by atoms with Crippen molar-refractivity contribution in [2.45, 2.75) is 50.3 Å². The lowest BCUT2D eigenvalue weighted by atomic mass is 9.92. The van der Waals surface area contributed by atoms with Crippen LogP contribution in [0.5, 0.6) is 0 Å². The Hall–Kier alpha value is -1.40. The van der Waals surface area contributed by atoms with E-state index in [1.807, 2.05) is 19.1 Å². The molecule has 1 heterocycles. The highest BCUT2D eigenvalue weighted by atomic mass is 32.2. The molecule has 2 aliphatic rings. The van der Waals surface area contributed by atoms with Crippen molar-refractivity contribution in [3.63, 3.8) is 0 Å². The molecule has 1 amide bonds. The molecule has 6 heteroatoms. The second kappa shape index (κ2) is 7.23. The zero-order valence-electron chi connectivity index (χ0n) is 14.3. The summed E-state index contributed by atoms with van der Waals surface area (Å²) in [6, 6.07) is 5.58. The van der Waals surface area contributed by atoms with E-state index in [-0.39, 0.29) is 5.91 Å². The van der Waals surface area contributed by atoms with E-state index in [1.165, 1.54) is 21.9 Å². The molecule has 1 fully saturated rings. The third-order valence-corrected chi connectivity index (χ3v) is 6.91. The van der Waals surface area contributed by atoms with Gasteiger partial charge in [-0.1, -0.05) is 13.0 Å². The molecular weight excluding hydrogens is 324 g/mol. The van der Waals surface area contributed by atoms with Crippen molar-refractivity contribution in [3.8, 4) is 0 Å². The van der Waals surface area contributed by atoms with Gasteiger partial charge in [0.05, 0.1) is 4.90 Å². The first-order valence-electron chi connectivity index (χ1n) is 8.92. The Labute approximate surface area is 144 Å². The molecule has 0 atom stereocenters. The maximum Gasteiger partial charge on any atom is 0.243 e. The molecule has 24 heavy (non-hydrogen) atoms. The average Bonchev–Trinajstić information content (AvgIpc) is 2.61. The Bertz CT molecular complexity index is 707. The van der Waals surface area contributed by atoms with Crippen LogP contribution in [-0.4, -0.2) is 49.7 Å². The minimum atomic E-state index is -3.46. The van der Waals surface area contributed by atoms with Crippen LogP contribution in [0.2, 0.25) is 0 Å². The van der Waals surface area contributed by atoms with Crippen LogP contribution in [0.4, 0.5) is 0 Å². The molecule has 0 N–H and O–H groups in total. The molecule has 5 nitrogen and oxygen atoms in total. The third-order valence-electron chi connectivity index (χ3n) is 5.01. The number of benzene rings is 1. The zero-order valence-corrected chi connectivity index (χ0v) is 15.1. The number of hydrogen-bond donors (Lipinski definition) is 0. The summed E-state index contributed by atoms with van der Waals surface area (Å²) in [7, 11) is -3.46. The van der Waals surface area contributed by atoms with Crippen molar-refractivity contribution < 1.29 is 13.2 Å². The Kier molecular flexibility index (Phi) is 5.25. The van der Waals surface area contributed by atoms with E-state index < -0.39 is 10.0 Å². The van der Waals surface area contributed by atoms with Gasteiger partial charge >= 0.3 is 0 Å². The standard InChI is InChI=1S/C18H26N2O3S/c1-2-5-18(21)19-10-12-20(13-11-19)24(22,23)17-9-8-15-6-3-4-7-16(15)14-17/h8-9,14H,2-7,10-13H2,1H3. The Morgan fingerprint density at radius 2 is 1.71 bits per heavy atom. The van der Waals surface area contributed by atoms with E-state index in [4.69, 9.17) is 0 Å². The fourth-order valence-corrected chi connectivity index (χ4v) is 5.04. The van der Waals surface area contributed by atoms with E-state index in [2.05, 4.69) is 0 Å². The van der Waals surface area contributed by atoms with Gasteiger partial charge < -0.3 is 4.90 Å². The van der Waals surface area contributed by atoms with Gasteiger partial charge in [0.1, 0.15) is 0 Å². The van der Waals surface area contributed by atoms with E-state index in [0.717, 1.165) is 25.7 Å². The first kappa shape index (κ1) is 17.4. The molecule has 0 spiro atoms. The van der Waals surface area contributed by atoms with E-state index >= 15 is 0 Å². The second-order valence-electron chi connectivity index (χ2n) is 6.67. The first-order valence-corrected chi connectivity index (χ1v) is 10.4. The van der Waals surface area contributed by atoms with Gasteiger partial charge in [-0.2, -0.15) is 4.31 Å². The Balaban J connectivity index is 1.71. The number of hydrogen-bond acceptors (Lipinski definition) is 3. The van der Waals surface area contributed by atoms with Gasteiger partial charge in [-0.15, -0.1) is 0 Å². The summed E-state index contributed by atoms with van der Waals surface area (Å²) in [5, 5.41) is 0. The Morgan fingerprint density at radius 1 is 1.04 bits per heavy atom. The van der Waals surface area contributed by atoms with E-state index in [0.29, 0.717) is 37.5 Å². The number of nitrogens with zero attached hydrogens (tertiary/aromatic N) is 2. The molecule has 0 saturated carbocycles. The summed E-state index contributed by atoms with van der Waals surface area (Å²) >= 11 is 0. The van der Waals surface area contributed by atoms with Crippen LogP contribution < -0.4 is 0 Å². The minimum Gasteiger partial charge on any atom is -0.340 e. The van der Waals surface area contributed by atoms with Gasteiger partial charge in [-0.05, 0) is 55.4 Å². The van der Waals surface area contributed by atoms with Gasteiger partial charge in [0.15, 0.2) is 0 Å². The summed E-state index contributed by atoms with van der Waals surface area (Å²) in [6.07, 6.45) is 5.71. The van der Waals surface area contributed by atoms with Crippen molar-refractivity contribution in [3.05, 3.63) is 29.3 Å². The van der Waals surface area contributed by atoms with Gasteiger partial charge in [0, 0.05) is 32.6 Å². The molecular formula is C18H26N2O3S. The lowest BCUT2D eigenvalue weighted by Gasteiger charge is -2.34. The van der Waals surface area contributed by atoms with Crippen LogP contribution in [0.3, 0.4) is 0 Å². The van der Waals surface area contributed by atoms with Gasteiger partial charge in [-0.3, -0.25) is 4.79 Å². The second-order valence-corrected chi connectivity index (χ2v) is 8.61. The maximum atomic E-state index is 12.9. The summed E-state index contributed by atoms with van der Waals surface area (Å²) in [6.45, 7) is 3.73. The number of fused-ring (bicyclic) bond motifs is 1. The molecule has 1 aromatic rings. The summed E-state index contributed by atoms with van der Waals surface area (Å²) in [5.41, 5.74) is 2.47. The Morgan fingerprint density at radius 3 is 2.38 bits per heavy atom. The maximum absolute atomic E-state index is 12.9. The lowest BCUT2D eigenvalue weighted by Crippen LogP contribution is -2.50. The number of carbonyl (C=O) groups is 1. The molecule has 0 aromatic heterocycles. The minimum absolute atomic E-state index is 0.128. The highest BCUT2D eigenvalue weighted by molar-refractivity contribution is 7.89. The monoisotopic (exact) mass is 350 g/mol. The first-order chi connectivity index (χ1) is 11.5. The summed E-state index contributed by atoms with van der Waals surface area (Å²) < 4.78 is 27.3. The highest BCUT2D eigenvalue weighted by Crippen LogP contribution is 2.26. The number of piperazine rings is 1. The number of carbonyl (C=O) groups excluding carboxylic acids is 1. The molecule has 1 aliphatic heterocycles. The number of sulfonamides is 1. The van der Waals surface area contributed by atoms with Crippen molar-refractivity contribution in [1.82, 2.24) is 9.21 Å². The molecule has 1 saturated heterocycles. The summed E-state index contributed by atoms with van der Waals surface area (Å²) in [5.74, 6) is 0.128. The van der Waals surface area contributed by atoms with Crippen LogP contribution in [0, 0.1) is 0 Å². The fraction of sp³-hybridized carbons (Fsp3) is 0.611. The fourth-order valence-electron chi connectivity index (χ4n) is 3.57. The number of amides is 1. The van der Waals surface area contributed by atoms with Crippen molar-refractivity contribution in [1.29, 1.82) is 0 Å². The summed E-state index contributed by atoms with van der Waals surface area (Å²) in [4.78, 5) is 14.1. The molecule has 0 bridgehead atoms. The van der Waals surface area contributed by atoms with Crippen LogP contribution in [0.25, 0.3) is 0 Å². The van der Waals surface area contributed by atoms with Crippen LogP contribution >= 0.6 is 0 Å². The molecule has 0 radical (unpaired) electrons. The zero-order chi connectivity index (χ0) is 17.2. The van der Waals surface area contributed by atoms with Crippen LogP contribution in [0.1, 0.15) is 43.7 Å². The normalized spacial score (nSPS) is 19.1. The van der Waals surface area contributed by atoms with Crippen molar-refractivity contribution in [2.24, 2.45) is 0 Å². The van der Waals surface area contributed by atoms with Crippen molar-refractivity contribution >= 4 is 15.9 Å². The molecule has 1 aromatic carbocycles. The van der Waals surface area contributed by atoms with Crippen LogP contribution in [0.15, 0.2) is 23.1 Å². The molecule has 1 aliphatic carbocycles. The number of rotatable bonds is 4. The highest BCUT2D eigenvalue weighted by Gasteiger charge is 2.30.